The summed E-state index contributed by atoms with van der Waals surface area (Å²) < 4.78 is 27.4. The van der Waals surface area contributed by atoms with Crippen LogP contribution in [0.2, 0.25) is 0 Å². The topological polar surface area (TPSA) is 66.5 Å². The first kappa shape index (κ1) is 20.1. The van der Waals surface area contributed by atoms with E-state index in [0.29, 0.717) is 0 Å². The number of aryl methyl sites for hydroxylation is 1. The van der Waals surface area contributed by atoms with Crippen molar-refractivity contribution in [2.24, 2.45) is 0 Å². The number of nitrogens with one attached hydrogen (secondary N) is 1. The van der Waals surface area contributed by atoms with Gasteiger partial charge in [0.25, 0.3) is 0 Å². The van der Waals surface area contributed by atoms with Gasteiger partial charge in [-0.3, -0.25) is 4.79 Å². The molecule has 140 valence electrons. The van der Waals surface area contributed by atoms with Crippen molar-refractivity contribution in [3.05, 3.63) is 59.7 Å². The molecule has 0 heterocycles. The molecule has 2 aromatic rings. The highest BCUT2D eigenvalue weighted by Gasteiger charge is 2.18. The Labute approximate surface area is 156 Å². The minimum atomic E-state index is -3.60. The highest BCUT2D eigenvalue weighted by molar-refractivity contribution is 7.89. The van der Waals surface area contributed by atoms with E-state index in [1.165, 1.54) is 6.92 Å². The second kappa shape index (κ2) is 8.47. The molecule has 0 bridgehead atoms. The van der Waals surface area contributed by atoms with E-state index in [-0.39, 0.29) is 29.8 Å². The fraction of sp³-hybridized carbons (Fsp3) is 0.350. The summed E-state index contributed by atoms with van der Waals surface area (Å²) in [6.45, 7) is 7.94. The fourth-order valence-corrected chi connectivity index (χ4v) is 3.78. The van der Waals surface area contributed by atoms with Crippen LogP contribution in [0.15, 0.2) is 53.4 Å². The third kappa shape index (κ3) is 4.93. The quantitative estimate of drug-likeness (QED) is 0.807. The normalized spacial score (nSPS) is 11.6. The fourth-order valence-electron chi connectivity index (χ4n) is 2.76. The lowest BCUT2D eigenvalue weighted by Crippen LogP contribution is -2.38. The molecule has 26 heavy (non-hydrogen) atoms. The molecule has 0 saturated carbocycles. The second-order valence-corrected chi connectivity index (χ2v) is 8.36. The van der Waals surface area contributed by atoms with E-state index in [9.17, 15) is 13.2 Å². The van der Waals surface area contributed by atoms with Crippen LogP contribution >= 0.6 is 0 Å². The number of rotatable bonds is 7. The van der Waals surface area contributed by atoms with Crippen LogP contribution in [-0.2, 0) is 14.8 Å². The highest BCUT2D eigenvalue weighted by Crippen LogP contribution is 2.27. The predicted molar refractivity (Wildman–Crippen MR) is 105 cm³/mol. The summed E-state index contributed by atoms with van der Waals surface area (Å²) >= 11 is 0. The summed E-state index contributed by atoms with van der Waals surface area (Å²) in [5, 5.41) is 0. The van der Waals surface area contributed by atoms with Crippen molar-refractivity contribution in [1.29, 1.82) is 0 Å². The molecule has 0 aliphatic rings. The van der Waals surface area contributed by atoms with Crippen molar-refractivity contribution in [3.8, 4) is 0 Å². The van der Waals surface area contributed by atoms with Crippen molar-refractivity contribution in [1.82, 2.24) is 4.72 Å². The first-order valence-corrected chi connectivity index (χ1v) is 10.1. The van der Waals surface area contributed by atoms with E-state index in [0.717, 1.165) is 16.8 Å². The van der Waals surface area contributed by atoms with E-state index in [1.807, 2.05) is 31.2 Å². The molecular formula is C20H26N2O3S. The number of nitrogens with zero attached hydrogens (tertiary/aromatic N) is 1. The van der Waals surface area contributed by atoms with Gasteiger partial charge in [-0.2, -0.15) is 0 Å². The minimum Gasteiger partial charge on any atom is -0.311 e. The Morgan fingerprint density at radius 1 is 1.08 bits per heavy atom. The van der Waals surface area contributed by atoms with Crippen LogP contribution < -0.4 is 9.62 Å². The van der Waals surface area contributed by atoms with Gasteiger partial charge in [-0.25, -0.2) is 13.1 Å². The van der Waals surface area contributed by atoms with Crippen LogP contribution in [0.1, 0.15) is 37.8 Å². The average Bonchev–Trinajstić information content (AvgIpc) is 2.58. The molecular weight excluding hydrogens is 348 g/mol. The molecule has 0 spiro atoms. The molecule has 1 N–H and O–H groups in total. The van der Waals surface area contributed by atoms with Crippen molar-refractivity contribution in [2.45, 2.75) is 38.5 Å². The Morgan fingerprint density at radius 3 is 2.27 bits per heavy atom. The molecule has 5 nitrogen and oxygen atoms in total. The molecule has 1 amide bonds. The van der Waals surface area contributed by atoms with E-state index >= 15 is 0 Å². The van der Waals surface area contributed by atoms with Crippen LogP contribution in [0.3, 0.4) is 0 Å². The Hall–Kier alpha value is -2.18. The van der Waals surface area contributed by atoms with Crippen LogP contribution in [0, 0.1) is 6.92 Å². The summed E-state index contributed by atoms with van der Waals surface area (Å²) in [6.07, 6.45) is 0. The van der Waals surface area contributed by atoms with Gasteiger partial charge in [0.1, 0.15) is 0 Å². The predicted octanol–water partition coefficient (Wildman–Crippen LogP) is 3.45. The number of carbonyl (C=O) groups excluding carboxylic acids is 1. The zero-order valence-corrected chi connectivity index (χ0v) is 16.5. The largest absolute Gasteiger partial charge is 0.311 e. The van der Waals surface area contributed by atoms with Gasteiger partial charge in [0.15, 0.2) is 0 Å². The van der Waals surface area contributed by atoms with Gasteiger partial charge in [0, 0.05) is 25.7 Å². The maximum Gasteiger partial charge on any atom is 0.240 e. The number of benzene rings is 2. The lowest BCUT2D eigenvalue weighted by Gasteiger charge is -2.25. The third-order valence-corrected chi connectivity index (χ3v) is 5.67. The van der Waals surface area contributed by atoms with Gasteiger partial charge in [-0.05, 0) is 36.6 Å². The number of hydrogen-bond donors (Lipinski definition) is 1. The van der Waals surface area contributed by atoms with Crippen molar-refractivity contribution in [2.75, 3.05) is 18.0 Å². The van der Waals surface area contributed by atoms with Gasteiger partial charge < -0.3 is 4.90 Å². The summed E-state index contributed by atoms with van der Waals surface area (Å²) in [4.78, 5) is 14.0. The van der Waals surface area contributed by atoms with Gasteiger partial charge in [0.05, 0.1) is 4.90 Å². The van der Waals surface area contributed by atoms with Gasteiger partial charge >= 0.3 is 0 Å². The van der Waals surface area contributed by atoms with E-state index in [4.69, 9.17) is 0 Å². The molecule has 0 unspecified atom stereocenters. The number of sulfonamides is 1. The van der Waals surface area contributed by atoms with Crippen molar-refractivity contribution < 1.29 is 13.2 Å². The van der Waals surface area contributed by atoms with Crippen LogP contribution in [0.4, 0.5) is 5.69 Å². The number of anilines is 1. The standard InChI is InChI=1S/C20H26N2O3S/c1-15(2)19-7-5-6-8-20(19)22(17(4)23)14-13-21-26(24,25)18-11-9-16(3)10-12-18/h5-12,15,21H,13-14H2,1-4H3. The van der Waals surface area contributed by atoms with E-state index in [2.05, 4.69) is 18.6 Å². The third-order valence-electron chi connectivity index (χ3n) is 4.19. The molecule has 0 atom stereocenters. The molecule has 0 fully saturated rings. The highest BCUT2D eigenvalue weighted by atomic mass is 32.2. The molecule has 2 rings (SSSR count). The monoisotopic (exact) mass is 374 g/mol. The SMILES string of the molecule is CC(=O)N(CCNS(=O)(=O)c1ccc(C)cc1)c1ccccc1C(C)C. The summed E-state index contributed by atoms with van der Waals surface area (Å²) in [5.41, 5.74) is 2.88. The summed E-state index contributed by atoms with van der Waals surface area (Å²) in [6, 6.07) is 14.4. The summed E-state index contributed by atoms with van der Waals surface area (Å²) in [7, 11) is -3.60. The average molecular weight is 375 g/mol. The second-order valence-electron chi connectivity index (χ2n) is 6.59. The molecule has 6 heteroatoms. The Morgan fingerprint density at radius 2 is 1.69 bits per heavy atom. The van der Waals surface area contributed by atoms with Gasteiger partial charge in [-0.15, -0.1) is 0 Å². The first-order valence-electron chi connectivity index (χ1n) is 8.65. The lowest BCUT2D eigenvalue weighted by atomic mass is 10.0. The molecule has 0 aliphatic carbocycles. The van der Waals surface area contributed by atoms with Crippen molar-refractivity contribution >= 4 is 21.6 Å². The van der Waals surface area contributed by atoms with E-state index in [1.54, 1.807) is 29.2 Å². The van der Waals surface area contributed by atoms with Crippen molar-refractivity contribution in [3.63, 3.8) is 0 Å². The molecule has 0 saturated heterocycles. The Bertz CT molecular complexity index is 859. The smallest absolute Gasteiger partial charge is 0.240 e. The Balaban J connectivity index is 2.13. The van der Waals surface area contributed by atoms with Gasteiger partial charge in [-0.1, -0.05) is 49.7 Å². The molecule has 2 aromatic carbocycles. The number of para-hydroxylation sites is 1. The van der Waals surface area contributed by atoms with Crippen LogP contribution in [0.25, 0.3) is 0 Å². The zero-order valence-electron chi connectivity index (χ0n) is 15.7. The minimum absolute atomic E-state index is 0.118. The summed E-state index contributed by atoms with van der Waals surface area (Å²) in [5.74, 6) is 0.143. The Kier molecular flexibility index (Phi) is 6.56. The van der Waals surface area contributed by atoms with Gasteiger partial charge in [0.2, 0.25) is 15.9 Å². The first-order chi connectivity index (χ1) is 12.2. The number of amides is 1. The van der Waals surface area contributed by atoms with E-state index < -0.39 is 10.0 Å². The maximum absolute atomic E-state index is 12.4. The van der Waals surface area contributed by atoms with Crippen LogP contribution in [0.5, 0.6) is 0 Å². The molecule has 0 aromatic heterocycles. The molecule has 0 radical (unpaired) electrons. The number of carbonyl (C=O) groups is 1. The molecule has 0 aliphatic heterocycles. The zero-order chi connectivity index (χ0) is 19.3. The lowest BCUT2D eigenvalue weighted by molar-refractivity contribution is -0.116. The maximum atomic E-state index is 12.4. The van der Waals surface area contributed by atoms with Crippen LogP contribution in [-0.4, -0.2) is 27.4 Å². The number of hydrogen-bond acceptors (Lipinski definition) is 3.